The molecule has 0 radical (unpaired) electrons. The van der Waals surface area contributed by atoms with Crippen molar-refractivity contribution >= 4 is 36.1 Å². The molecule has 3 aliphatic rings. The maximum absolute atomic E-state index is 13.8. The molecule has 2 aromatic carbocycles. The third kappa shape index (κ3) is 5.64. The molecule has 0 bridgehead atoms. The van der Waals surface area contributed by atoms with Crippen molar-refractivity contribution in [3.63, 3.8) is 0 Å². The number of phenols is 2. The van der Waals surface area contributed by atoms with Gasteiger partial charge in [-0.2, -0.15) is 12.6 Å². The van der Waals surface area contributed by atoms with Crippen molar-refractivity contribution in [2.45, 2.75) is 62.4 Å². The number of nitrogens with one attached hydrogen (secondary N) is 1. The SMILES string of the molecule is COc1cccc2c1C(=O)c1c(O)c3c(c(O)c1C2=O)CC(O)(C(=O)CO)CC3O[C@@H]1C[C@@H](NC(=O)OCCS)[C@@H](O)[C@@H](C)O1. The van der Waals surface area contributed by atoms with E-state index in [-0.39, 0.29) is 46.8 Å². The van der Waals surface area contributed by atoms with Gasteiger partial charge in [-0.1, -0.05) is 12.1 Å². The summed E-state index contributed by atoms with van der Waals surface area (Å²) < 4.78 is 22.2. The van der Waals surface area contributed by atoms with Crippen LogP contribution in [0.2, 0.25) is 0 Å². The molecular weight excluding hydrogens is 614 g/mol. The molecule has 1 fully saturated rings. The molecule has 0 saturated carbocycles. The number of aliphatic hydroxyl groups is 3. The molecule has 0 spiro atoms. The first-order chi connectivity index (χ1) is 21.4. The van der Waals surface area contributed by atoms with Crippen LogP contribution in [-0.4, -0.2) is 105 Å². The molecule has 0 aromatic heterocycles. The highest BCUT2D eigenvalue weighted by Gasteiger charge is 2.50. The number of ketones is 3. The van der Waals surface area contributed by atoms with Gasteiger partial charge in [0, 0.05) is 41.7 Å². The summed E-state index contributed by atoms with van der Waals surface area (Å²) in [6.07, 6.45) is -6.89. The van der Waals surface area contributed by atoms with Crippen LogP contribution in [0.15, 0.2) is 18.2 Å². The van der Waals surface area contributed by atoms with Crippen LogP contribution in [-0.2, 0) is 25.4 Å². The zero-order valence-electron chi connectivity index (χ0n) is 24.3. The van der Waals surface area contributed by atoms with E-state index >= 15 is 0 Å². The smallest absolute Gasteiger partial charge is 0.407 e. The van der Waals surface area contributed by atoms with Crippen molar-refractivity contribution in [3.05, 3.63) is 51.6 Å². The van der Waals surface area contributed by atoms with Crippen LogP contribution in [0.3, 0.4) is 0 Å². The Morgan fingerprint density at radius 3 is 2.51 bits per heavy atom. The Labute approximate surface area is 262 Å². The zero-order valence-corrected chi connectivity index (χ0v) is 25.2. The topological polar surface area (TPSA) is 218 Å². The molecule has 14 nitrogen and oxygen atoms in total. The van der Waals surface area contributed by atoms with E-state index in [4.69, 9.17) is 18.9 Å². The highest BCUT2D eigenvalue weighted by Crippen LogP contribution is 2.52. The minimum atomic E-state index is -2.32. The number of carbonyl (C=O) groups is 4. The monoisotopic (exact) mass is 647 g/mol. The molecule has 1 amide bonds. The summed E-state index contributed by atoms with van der Waals surface area (Å²) in [5, 5.41) is 57.2. The van der Waals surface area contributed by atoms with Crippen molar-refractivity contribution < 1.29 is 63.7 Å². The van der Waals surface area contributed by atoms with Crippen molar-refractivity contribution in [2.24, 2.45) is 0 Å². The Balaban J connectivity index is 1.58. The molecule has 5 rings (SSSR count). The number of hydrogen-bond acceptors (Lipinski definition) is 14. The number of aliphatic hydroxyl groups excluding tert-OH is 2. The van der Waals surface area contributed by atoms with Gasteiger partial charge in [-0.15, -0.1) is 0 Å². The van der Waals surface area contributed by atoms with Crippen LogP contribution in [0.1, 0.15) is 68.8 Å². The molecule has 1 saturated heterocycles. The molecule has 15 heteroatoms. The number of amides is 1. The van der Waals surface area contributed by atoms with Gasteiger partial charge in [-0.3, -0.25) is 14.4 Å². The number of methoxy groups -OCH3 is 1. The summed E-state index contributed by atoms with van der Waals surface area (Å²) in [4.78, 5) is 52.4. The fourth-order valence-corrected chi connectivity index (χ4v) is 6.28. The van der Waals surface area contributed by atoms with E-state index in [9.17, 15) is 44.7 Å². The molecule has 1 heterocycles. The fraction of sp³-hybridized carbons (Fsp3) is 0.467. The maximum atomic E-state index is 13.8. The van der Waals surface area contributed by atoms with Crippen LogP contribution < -0.4 is 10.1 Å². The minimum absolute atomic E-state index is 0.0186. The summed E-state index contributed by atoms with van der Waals surface area (Å²) in [6, 6.07) is 3.38. The van der Waals surface area contributed by atoms with E-state index in [0.717, 1.165) is 0 Å². The predicted molar refractivity (Wildman–Crippen MR) is 156 cm³/mol. The number of aromatic hydroxyl groups is 2. The molecule has 6 atom stereocenters. The molecule has 2 unspecified atom stereocenters. The molecule has 2 aromatic rings. The second kappa shape index (κ2) is 12.6. The van der Waals surface area contributed by atoms with Crippen LogP contribution >= 0.6 is 12.6 Å². The Hall–Kier alpha value is -3.73. The number of benzene rings is 2. The van der Waals surface area contributed by atoms with Gasteiger partial charge in [0.1, 0.15) is 42.2 Å². The van der Waals surface area contributed by atoms with Gasteiger partial charge < -0.3 is 49.8 Å². The molecule has 45 heavy (non-hydrogen) atoms. The first-order valence-corrected chi connectivity index (χ1v) is 14.8. The lowest BCUT2D eigenvalue weighted by atomic mass is 9.72. The van der Waals surface area contributed by atoms with Crippen molar-refractivity contribution in [3.8, 4) is 17.2 Å². The number of alkyl carbamates (subject to hydrolysis) is 1. The molecule has 6 N–H and O–H groups in total. The van der Waals surface area contributed by atoms with Crippen LogP contribution in [0.25, 0.3) is 0 Å². The van der Waals surface area contributed by atoms with E-state index in [1.54, 1.807) is 0 Å². The number of carbonyl (C=O) groups excluding carboxylic acids is 4. The lowest BCUT2D eigenvalue weighted by Gasteiger charge is -2.42. The minimum Gasteiger partial charge on any atom is -0.507 e. The Morgan fingerprint density at radius 2 is 1.84 bits per heavy atom. The molecule has 1 aliphatic heterocycles. The molecular formula is C30H33NO13S. The van der Waals surface area contributed by atoms with Crippen molar-refractivity contribution in [1.82, 2.24) is 5.32 Å². The van der Waals surface area contributed by atoms with Gasteiger partial charge in [0.25, 0.3) is 0 Å². The highest BCUT2D eigenvalue weighted by atomic mass is 32.1. The first-order valence-electron chi connectivity index (χ1n) is 14.1. The zero-order chi connectivity index (χ0) is 32.8. The summed E-state index contributed by atoms with van der Waals surface area (Å²) in [5.74, 6) is -3.75. The lowest BCUT2D eigenvalue weighted by molar-refractivity contribution is -0.249. The third-order valence-corrected chi connectivity index (χ3v) is 8.57. The number of ether oxygens (including phenoxy) is 4. The normalized spacial score (nSPS) is 27.2. The molecule has 2 aliphatic carbocycles. The van der Waals surface area contributed by atoms with Gasteiger partial charge in [0.05, 0.1) is 42.0 Å². The summed E-state index contributed by atoms with van der Waals surface area (Å²) in [7, 11) is 1.31. The van der Waals surface area contributed by atoms with Gasteiger partial charge in [0.15, 0.2) is 17.9 Å². The van der Waals surface area contributed by atoms with Gasteiger partial charge in [0.2, 0.25) is 5.78 Å². The van der Waals surface area contributed by atoms with Gasteiger partial charge >= 0.3 is 6.09 Å². The quantitative estimate of drug-likeness (QED) is 0.132. The second-order valence-electron chi connectivity index (χ2n) is 11.1. The number of Topliss-reactive ketones (excluding diaryl/α,β-unsaturated/α-hetero) is 1. The van der Waals surface area contributed by atoms with Crippen LogP contribution in [0, 0.1) is 0 Å². The summed E-state index contributed by atoms with van der Waals surface area (Å²) in [5.41, 5.74) is -3.98. The fourth-order valence-electron chi connectivity index (χ4n) is 6.19. The lowest BCUT2D eigenvalue weighted by Crippen LogP contribution is -2.56. The maximum Gasteiger partial charge on any atom is 0.407 e. The predicted octanol–water partition coefficient (Wildman–Crippen LogP) is 0.699. The largest absolute Gasteiger partial charge is 0.507 e. The first kappa shape index (κ1) is 32.7. The summed E-state index contributed by atoms with van der Waals surface area (Å²) in [6.45, 7) is 0.470. The Kier molecular flexibility index (Phi) is 9.13. The number of rotatable bonds is 8. The number of hydrogen-bond donors (Lipinski definition) is 7. The Morgan fingerprint density at radius 1 is 1.13 bits per heavy atom. The average molecular weight is 648 g/mol. The third-order valence-electron chi connectivity index (χ3n) is 8.39. The van der Waals surface area contributed by atoms with E-state index in [2.05, 4.69) is 17.9 Å². The second-order valence-corrected chi connectivity index (χ2v) is 11.6. The Bertz CT molecular complexity index is 1560. The molecule has 242 valence electrons. The number of phenolic OH excluding ortho intramolecular Hbond substituents is 2. The standard InChI is InChI=1S/C30H33NO13S/c1-12-24(34)15(31-29(39)42-6-7-45)8-19(43-12)44-17-10-30(40,18(33)11-32)9-14-21(17)28(38)23-22(26(14)36)25(35)13-4-3-5-16(41-2)20(13)27(23)37/h3-5,12,15,17,19,24,32,34,36,38,40,45H,6-11H2,1-2H3,(H,31,39)/t12-,15-,17?,19-,24+,30?/m1/s1. The highest BCUT2D eigenvalue weighted by molar-refractivity contribution is 7.80. The average Bonchev–Trinajstić information content (AvgIpc) is 3.01. The van der Waals surface area contributed by atoms with Gasteiger partial charge in [-0.05, 0) is 13.0 Å². The van der Waals surface area contributed by atoms with E-state index in [0.29, 0.717) is 0 Å². The number of thiol groups is 1. The number of fused-ring (bicyclic) bond motifs is 3. The van der Waals surface area contributed by atoms with E-state index in [1.807, 2.05) is 0 Å². The van der Waals surface area contributed by atoms with Crippen molar-refractivity contribution in [1.29, 1.82) is 0 Å². The summed E-state index contributed by atoms with van der Waals surface area (Å²) >= 11 is 3.98. The van der Waals surface area contributed by atoms with E-state index < -0.39 is 102 Å². The van der Waals surface area contributed by atoms with Crippen LogP contribution in [0.4, 0.5) is 4.79 Å². The van der Waals surface area contributed by atoms with Crippen molar-refractivity contribution in [2.75, 3.05) is 26.1 Å². The van der Waals surface area contributed by atoms with Crippen LogP contribution in [0.5, 0.6) is 17.2 Å². The van der Waals surface area contributed by atoms with Gasteiger partial charge in [-0.25, -0.2) is 4.79 Å². The van der Waals surface area contributed by atoms with E-state index in [1.165, 1.54) is 32.2 Å².